The third-order valence-electron chi connectivity index (χ3n) is 2.58. The Kier molecular flexibility index (Phi) is 4.42. The number of hydrogen-bond acceptors (Lipinski definition) is 4. The predicted octanol–water partition coefficient (Wildman–Crippen LogP) is 2.64. The van der Waals surface area contributed by atoms with Gasteiger partial charge in [-0.1, -0.05) is 17.7 Å². The summed E-state index contributed by atoms with van der Waals surface area (Å²) >= 11 is 5.82. The second kappa shape index (κ2) is 6.25. The lowest BCUT2D eigenvalue weighted by molar-refractivity contribution is -0.118. The van der Waals surface area contributed by atoms with E-state index in [1.54, 1.807) is 30.3 Å². The molecule has 6 heteroatoms. The Morgan fingerprint density at radius 2 is 2.25 bits per heavy atom. The molecule has 0 atom stereocenters. The standard InChI is InChI=1S/C14H14ClN3O2/c1-9-5-13(17-7-12(9)16)18-14(19)8-20-11-4-2-3-10(15)6-11/h2-7H,8,16H2,1H3,(H,17,18,19). The van der Waals surface area contributed by atoms with Gasteiger partial charge in [0.1, 0.15) is 11.6 Å². The van der Waals surface area contributed by atoms with Crippen LogP contribution in [0.25, 0.3) is 0 Å². The minimum Gasteiger partial charge on any atom is -0.484 e. The van der Waals surface area contributed by atoms with E-state index in [-0.39, 0.29) is 12.5 Å². The molecule has 0 saturated heterocycles. The molecule has 1 heterocycles. The Morgan fingerprint density at radius 3 is 2.95 bits per heavy atom. The summed E-state index contributed by atoms with van der Waals surface area (Å²) in [5, 5.41) is 3.19. The Bertz CT molecular complexity index is 632. The number of benzene rings is 1. The van der Waals surface area contributed by atoms with Crippen LogP contribution in [0.1, 0.15) is 5.56 Å². The largest absolute Gasteiger partial charge is 0.484 e. The number of halogens is 1. The van der Waals surface area contributed by atoms with Crippen molar-refractivity contribution in [2.75, 3.05) is 17.7 Å². The van der Waals surface area contributed by atoms with Crippen molar-refractivity contribution in [2.45, 2.75) is 6.92 Å². The summed E-state index contributed by atoms with van der Waals surface area (Å²) in [5.74, 6) is 0.673. The van der Waals surface area contributed by atoms with Crippen LogP contribution in [0.5, 0.6) is 5.75 Å². The summed E-state index contributed by atoms with van der Waals surface area (Å²) in [6.45, 7) is 1.72. The van der Waals surface area contributed by atoms with Crippen molar-refractivity contribution >= 4 is 29.0 Å². The van der Waals surface area contributed by atoms with Crippen LogP contribution in [0.3, 0.4) is 0 Å². The molecule has 5 nitrogen and oxygen atoms in total. The van der Waals surface area contributed by atoms with Crippen LogP contribution >= 0.6 is 11.6 Å². The molecule has 0 unspecified atom stereocenters. The van der Waals surface area contributed by atoms with Crippen molar-refractivity contribution in [3.8, 4) is 5.75 Å². The van der Waals surface area contributed by atoms with Crippen molar-refractivity contribution in [1.29, 1.82) is 0 Å². The first-order valence-electron chi connectivity index (χ1n) is 5.95. The van der Waals surface area contributed by atoms with Crippen LogP contribution in [0, 0.1) is 6.92 Å². The van der Waals surface area contributed by atoms with Gasteiger partial charge in [-0.05, 0) is 36.8 Å². The van der Waals surface area contributed by atoms with Gasteiger partial charge in [-0.2, -0.15) is 0 Å². The van der Waals surface area contributed by atoms with E-state index in [2.05, 4.69) is 10.3 Å². The molecule has 0 fully saturated rings. The van der Waals surface area contributed by atoms with Crippen LogP contribution in [-0.2, 0) is 4.79 Å². The second-order valence-electron chi connectivity index (χ2n) is 4.22. The molecule has 0 spiro atoms. The van der Waals surface area contributed by atoms with Crippen LogP contribution in [-0.4, -0.2) is 17.5 Å². The summed E-state index contributed by atoms with van der Waals surface area (Å²) in [6.07, 6.45) is 1.50. The van der Waals surface area contributed by atoms with Gasteiger partial charge in [0.2, 0.25) is 0 Å². The molecule has 20 heavy (non-hydrogen) atoms. The van der Waals surface area contributed by atoms with Gasteiger partial charge < -0.3 is 15.8 Å². The number of carbonyl (C=O) groups is 1. The van der Waals surface area contributed by atoms with Crippen molar-refractivity contribution in [3.05, 3.63) is 47.1 Å². The fourth-order valence-electron chi connectivity index (χ4n) is 1.52. The van der Waals surface area contributed by atoms with Gasteiger partial charge >= 0.3 is 0 Å². The summed E-state index contributed by atoms with van der Waals surface area (Å²) in [5.41, 5.74) is 7.09. The van der Waals surface area contributed by atoms with Crippen molar-refractivity contribution in [2.24, 2.45) is 0 Å². The molecule has 104 valence electrons. The third-order valence-corrected chi connectivity index (χ3v) is 2.82. The van der Waals surface area contributed by atoms with Gasteiger partial charge in [0.15, 0.2) is 6.61 Å². The molecule has 3 N–H and O–H groups in total. The van der Waals surface area contributed by atoms with E-state index in [0.29, 0.717) is 22.3 Å². The van der Waals surface area contributed by atoms with Gasteiger partial charge in [-0.3, -0.25) is 4.79 Å². The summed E-state index contributed by atoms with van der Waals surface area (Å²) in [7, 11) is 0. The molecule has 0 radical (unpaired) electrons. The first-order valence-corrected chi connectivity index (χ1v) is 6.33. The summed E-state index contributed by atoms with van der Waals surface area (Å²) in [4.78, 5) is 15.7. The fourth-order valence-corrected chi connectivity index (χ4v) is 1.70. The molecule has 1 aromatic heterocycles. The molecule has 0 aliphatic carbocycles. The number of aromatic nitrogens is 1. The third kappa shape index (κ3) is 3.86. The van der Waals surface area contributed by atoms with Gasteiger partial charge in [0.05, 0.1) is 11.9 Å². The number of anilines is 2. The second-order valence-corrected chi connectivity index (χ2v) is 4.66. The lowest BCUT2D eigenvalue weighted by Crippen LogP contribution is -2.20. The maximum absolute atomic E-state index is 11.7. The maximum atomic E-state index is 11.7. The van der Waals surface area contributed by atoms with Crippen molar-refractivity contribution in [1.82, 2.24) is 4.98 Å². The molecule has 2 aromatic rings. The molecule has 0 aliphatic heterocycles. The van der Waals surface area contributed by atoms with E-state index in [1.807, 2.05) is 6.92 Å². The zero-order valence-electron chi connectivity index (χ0n) is 10.9. The van der Waals surface area contributed by atoms with E-state index in [4.69, 9.17) is 22.1 Å². The number of nitrogens with one attached hydrogen (secondary N) is 1. The fraction of sp³-hybridized carbons (Fsp3) is 0.143. The lowest BCUT2D eigenvalue weighted by Gasteiger charge is -2.08. The lowest BCUT2D eigenvalue weighted by atomic mass is 10.2. The predicted molar refractivity (Wildman–Crippen MR) is 79.0 cm³/mol. The topological polar surface area (TPSA) is 77.2 Å². The zero-order chi connectivity index (χ0) is 14.5. The molecule has 1 amide bonds. The van der Waals surface area contributed by atoms with E-state index < -0.39 is 0 Å². The average molecular weight is 292 g/mol. The van der Waals surface area contributed by atoms with Crippen LogP contribution in [0.4, 0.5) is 11.5 Å². The monoisotopic (exact) mass is 291 g/mol. The number of ether oxygens (including phenoxy) is 1. The number of rotatable bonds is 4. The van der Waals surface area contributed by atoms with Crippen molar-refractivity contribution < 1.29 is 9.53 Å². The molecule has 2 rings (SSSR count). The summed E-state index contributed by atoms with van der Waals surface area (Å²) in [6, 6.07) is 8.55. The maximum Gasteiger partial charge on any atom is 0.263 e. The molecule has 1 aromatic carbocycles. The van der Waals surface area contributed by atoms with Crippen LogP contribution < -0.4 is 15.8 Å². The van der Waals surface area contributed by atoms with Gasteiger partial charge in [-0.25, -0.2) is 4.98 Å². The number of hydrogen-bond donors (Lipinski definition) is 2. The van der Waals surface area contributed by atoms with Crippen LogP contribution in [0.2, 0.25) is 5.02 Å². The Hall–Kier alpha value is -2.27. The molecular formula is C14H14ClN3O2. The molecule has 0 saturated carbocycles. The van der Waals surface area contributed by atoms with Gasteiger partial charge in [0, 0.05) is 5.02 Å². The Labute approximate surface area is 121 Å². The van der Waals surface area contributed by atoms with Crippen molar-refractivity contribution in [3.63, 3.8) is 0 Å². The average Bonchev–Trinajstić information content (AvgIpc) is 2.41. The Morgan fingerprint density at radius 1 is 1.45 bits per heavy atom. The number of nitrogens with zero attached hydrogens (tertiary/aromatic N) is 1. The minimum absolute atomic E-state index is 0.120. The van der Waals surface area contributed by atoms with E-state index in [0.717, 1.165) is 5.56 Å². The number of nitrogen functional groups attached to an aromatic ring is 1. The van der Waals surface area contributed by atoms with E-state index >= 15 is 0 Å². The van der Waals surface area contributed by atoms with Gasteiger partial charge in [0.25, 0.3) is 5.91 Å². The SMILES string of the molecule is Cc1cc(NC(=O)COc2cccc(Cl)c2)ncc1N. The number of amides is 1. The highest BCUT2D eigenvalue weighted by atomic mass is 35.5. The van der Waals surface area contributed by atoms with Gasteiger partial charge in [-0.15, -0.1) is 0 Å². The number of carbonyl (C=O) groups excluding carboxylic acids is 1. The highest BCUT2D eigenvalue weighted by Crippen LogP contribution is 2.17. The summed E-state index contributed by atoms with van der Waals surface area (Å²) < 4.78 is 5.33. The van der Waals surface area contributed by atoms with E-state index in [9.17, 15) is 4.79 Å². The number of nitrogens with two attached hydrogens (primary N) is 1. The molecular weight excluding hydrogens is 278 g/mol. The molecule has 0 bridgehead atoms. The first kappa shape index (κ1) is 14.1. The highest BCUT2D eigenvalue weighted by Gasteiger charge is 2.06. The van der Waals surface area contributed by atoms with Crippen LogP contribution in [0.15, 0.2) is 36.5 Å². The number of aryl methyl sites for hydroxylation is 1. The Balaban J connectivity index is 1.91. The zero-order valence-corrected chi connectivity index (χ0v) is 11.6. The molecule has 0 aliphatic rings. The normalized spacial score (nSPS) is 10.1. The first-order chi connectivity index (χ1) is 9.54. The minimum atomic E-state index is -0.304. The smallest absolute Gasteiger partial charge is 0.263 e. The quantitative estimate of drug-likeness (QED) is 0.908. The van der Waals surface area contributed by atoms with E-state index in [1.165, 1.54) is 6.20 Å². The number of pyridine rings is 1. The highest BCUT2D eigenvalue weighted by molar-refractivity contribution is 6.30.